The second-order valence-corrected chi connectivity index (χ2v) is 8.23. The number of aryl methyl sites for hydroxylation is 2. The number of hydrogen-bond acceptors (Lipinski definition) is 4. The highest BCUT2D eigenvalue weighted by molar-refractivity contribution is 5.99. The molecule has 0 spiro atoms. The highest BCUT2D eigenvalue weighted by atomic mass is 16.8. The maximum absolute atomic E-state index is 12.8. The molecule has 2 heterocycles. The topological polar surface area (TPSA) is 64.6 Å². The van der Waals surface area contributed by atoms with Crippen molar-refractivity contribution in [1.29, 1.82) is 0 Å². The Morgan fingerprint density at radius 3 is 2.61 bits per heavy atom. The number of benzene rings is 1. The number of rotatable bonds is 0. The van der Waals surface area contributed by atoms with Gasteiger partial charge in [-0.1, -0.05) is 42.8 Å². The minimum atomic E-state index is -0.797. The summed E-state index contributed by atoms with van der Waals surface area (Å²) in [5, 5.41) is 2.99. The Morgan fingerprint density at radius 1 is 1.11 bits per heavy atom. The third-order valence-corrected chi connectivity index (χ3v) is 5.04. The highest BCUT2D eigenvalue weighted by Gasteiger charge is 2.43. The van der Waals surface area contributed by atoms with Crippen molar-refractivity contribution < 1.29 is 19.1 Å². The van der Waals surface area contributed by atoms with E-state index in [0.29, 0.717) is 18.5 Å². The first-order chi connectivity index (χ1) is 13.2. The van der Waals surface area contributed by atoms with Gasteiger partial charge in [0.15, 0.2) is 11.6 Å². The quantitative estimate of drug-likeness (QED) is 0.741. The fourth-order valence-electron chi connectivity index (χ4n) is 3.78. The minimum Gasteiger partial charge on any atom is -0.351 e. The predicted octanol–water partition coefficient (Wildman–Crippen LogP) is 3.73. The lowest BCUT2D eigenvalue weighted by molar-refractivity contribution is -0.152. The van der Waals surface area contributed by atoms with Crippen molar-refractivity contribution in [3.8, 4) is 0 Å². The monoisotopic (exact) mass is 383 g/mol. The first-order valence-electron chi connectivity index (χ1n) is 9.80. The van der Waals surface area contributed by atoms with Crippen molar-refractivity contribution in [1.82, 2.24) is 5.32 Å². The summed E-state index contributed by atoms with van der Waals surface area (Å²) in [4.78, 5) is 25.5. The van der Waals surface area contributed by atoms with E-state index in [4.69, 9.17) is 9.47 Å². The van der Waals surface area contributed by atoms with Crippen LogP contribution in [-0.4, -0.2) is 36.2 Å². The zero-order valence-corrected chi connectivity index (χ0v) is 17.2. The molecule has 3 atom stereocenters. The third-order valence-electron chi connectivity index (χ3n) is 5.04. The standard InChI is InChI=1S/C23H29NO4/c1-14-9-10-18(25)21-19(27-23(4,5)28-21)8-6-7-17-12-15(2)11-16(3)20(17)22(26)24-13-14/h6-7,9-12,14,19,21H,8,13H2,1-5H3,(H,24,26)/b7-6+,10-9-/t14-,19+,21?/m1/s1. The second kappa shape index (κ2) is 8.02. The van der Waals surface area contributed by atoms with Crippen LogP contribution in [0.2, 0.25) is 0 Å². The number of hydrogen-bond donors (Lipinski definition) is 1. The molecule has 1 aromatic rings. The number of nitrogens with one attached hydrogen (secondary N) is 1. The maximum atomic E-state index is 12.8. The maximum Gasteiger partial charge on any atom is 0.252 e. The molecule has 5 nitrogen and oxygen atoms in total. The smallest absolute Gasteiger partial charge is 0.252 e. The molecule has 1 fully saturated rings. The number of amides is 1. The summed E-state index contributed by atoms with van der Waals surface area (Å²) in [6, 6.07) is 4.02. The molecule has 1 N–H and O–H groups in total. The van der Waals surface area contributed by atoms with Gasteiger partial charge in [0.25, 0.3) is 5.91 Å². The lowest BCUT2D eigenvalue weighted by atomic mass is 9.96. The molecule has 1 amide bonds. The van der Waals surface area contributed by atoms with Gasteiger partial charge in [-0.2, -0.15) is 0 Å². The van der Waals surface area contributed by atoms with Gasteiger partial charge < -0.3 is 14.8 Å². The summed E-state index contributed by atoms with van der Waals surface area (Å²) >= 11 is 0. The van der Waals surface area contributed by atoms with Gasteiger partial charge in [-0.3, -0.25) is 9.59 Å². The van der Waals surface area contributed by atoms with Crippen molar-refractivity contribution >= 4 is 17.8 Å². The van der Waals surface area contributed by atoms with Crippen LogP contribution < -0.4 is 5.32 Å². The van der Waals surface area contributed by atoms with E-state index in [-0.39, 0.29) is 23.7 Å². The van der Waals surface area contributed by atoms with Crippen molar-refractivity contribution in [2.75, 3.05) is 6.54 Å². The molecule has 2 aliphatic heterocycles. The number of carbonyl (C=O) groups excluding carboxylic acids is 2. The fourth-order valence-corrected chi connectivity index (χ4v) is 3.78. The van der Waals surface area contributed by atoms with Crippen LogP contribution in [0.4, 0.5) is 0 Å². The molecular formula is C23H29NO4. The van der Waals surface area contributed by atoms with E-state index < -0.39 is 11.9 Å². The predicted molar refractivity (Wildman–Crippen MR) is 109 cm³/mol. The molecule has 0 bridgehead atoms. The molecule has 3 rings (SSSR count). The van der Waals surface area contributed by atoms with Gasteiger partial charge in [0.2, 0.25) is 0 Å². The summed E-state index contributed by atoms with van der Waals surface area (Å²) < 4.78 is 11.8. The molecule has 1 saturated heterocycles. The van der Waals surface area contributed by atoms with Crippen LogP contribution in [0, 0.1) is 19.8 Å². The Labute approximate surface area is 166 Å². The normalized spacial score (nSPS) is 30.0. The molecule has 5 heteroatoms. The van der Waals surface area contributed by atoms with Gasteiger partial charge in [0.05, 0.1) is 6.10 Å². The van der Waals surface area contributed by atoms with Crippen molar-refractivity contribution in [2.45, 2.75) is 59.0 Å². The van der Waals surface area contributed by atoms with Gasteiger partial charge in [-0.15, -0.1) is 0 Å². The van der Waals surface area contributed by atoms with Crippen LogP contribution in [0.1, 0.15) is 54.2 Å². The van der Waals surface area contributed by atoms with E-state index in [9.17, 15) is 9.59 Å². The van der Waals surface area contributed by atoms with E-state index in [1.54, 1.807) is 6.08 Å². The van der Waals surface area contributed by atoms with Gasteiger partial charge in [-0.05, 0) is 57.2 Å². The minimum absolute atomic E-state index is 0.0226. The number of fused-ring (bicyclic) bond motifs is 2. The molecule has 150 valence electrons. The van der Waals surface area contributed by atoms with Crippen LogP contribution >= 0.6 is 0 Å². The average molecular weight is 383 g/mol. The SMILES string of the molecule is Cc1cc(C)c2c(c1)/C=C/C[C@@H]1OC(C)(C)OC1C(=O)/C=C\[C@@H](C)CNC2=O. The van der Waals surface area contributed by atoms with Crippen molar-refractivity contribution in [3.63, 3.8) is 0 Å². The van der Waals surface area contributed by atoms with Crippen molar-refractivity contribution in [2.24, 2.45) is 5.92 Å². The number of ketones is 1. The van der Waals surface area contributed by atoms with E-state index in [1.807, 2.05) is 65.0 Å². The lowest BCUT2D eigenvalue weighted by Crippen LogP contribution is -2.31. The molecular weight excluding hydrogens is 354 g/mol. The Bertz CT molecular complexity index is 837. The molecule has 2 aliphatic rings. The van der Waals surface area contributed by atoms with Gasteiger partial charge >= 0.3 is 0 Å². The summed E-state index contributed by atoms with van der Waals surface area (Å²) in [6.45, 7) is 10.0. The van der Waals surface area contributed by atoms with Gasteiger partial charge in [0, 0.05) is 12.1 Å². The molecule has 0 aliphatic carbocycles. The number of carbonyl (C=O) groups is 2. The molecule has 1 unspecified atom stereocenters. The number of ether oxygens (including phenoxy) is 2. The molecule has 28 heavy (non-hydrogen) atoms. The van der Waals surface area contributed by atoms with Crippen LogP contribution in [-0.2, 0) is 14.3 Å². The largest absolute Gasteiger partial charge is 0.351 e. The van der Waals surface area contributed by atoms with E-state index >= 15 is 0 Å². The zero-order chi connectivity index (χ0) is 20.5. The zero-order valence-electron chi connectivity index (χ0n) is 17.2. The highest BCUT2D eigenvalue weighted by Crippen LogP contribution is 2.31. The van der Waals surface area contributed by atoms with E-state index in [2.05, 4.69) is 5.32 Å². The van der Waals surface area contributed by atoms with E-state index in [1.165, 1.54) is 0 Å². The van der Waals surface area contributed by atoms with Crippen LogP contribution in [0.3, 0.4) is 0 Å². The second-order valence-electron chi connectivity index (χ2n) is 8.23. The summed E-state index contributed by atoms with van der Waals surface area (Å²) in [6.07, 6.45) is 6.81. The Hall–Kier alpha value is -2.24. The third kappa shape index (κ3) is 4.59. The Kier molecular flexibility index (Phi) is 5.87. The summed E-state index contributed by atoms with van der Waals surface area (Å²) in [5.74, 6) is -0.976. The van der Waals surface area contributed by atoms with Crippen LogP contribution in [0.25, 0.3) is 6.08 Å². The van der Waals surface area contributed by atoms with Crippen molar-refractivity contribution in [3.05, 3.63) is 52.6 Å². The molecule has 1 aromatic carbocycles. The molecule has 0 aromatic heterocycles. The molecule has 0 radical (unpaired) electrons. The fraction of sp³-hybridized carbons (Fsp3) is 0.478. The summed E-state index contributed by atoms with van der Waals surface area (Å²) in [7, 11) is 0. The van der Waals surface area contributed by atoms with E-state index in [0.717, 1.165) is 16.7 Å². The first-order valence-corrected chi connectivity index (χ1v) is 9.80. The molecule has 0 saturated carbocycles. The Balaban J connectivity index is 1.99. The first kappa shape index (κ1) is 20.5. The average Bonchev–Trinajstić information content (AvgIpc) is 2.91. The van der Waals surface area contributed by atoms with Gasteiger partial charge in [-0.25, -0.2) is 0 Å². The Morgan fingerprint density at radius 2 is 1.86 bits per heavy atom. The van der Waals surface area contributed by atoms with Gasteiger partial charge in [0.1, 0.15) is 6.10 Å². The van der Waals surface area contributed by atoms with Crippen LogP contribution in [0.15, 0.2) is 30.4 Å². The lowest BCUT2D eigenvalue weighted by Gasteiger charge is -2.16. The van der Waals surface area contributed by atoms with Crippen LogP contribution in [0.5, 0.6) is 0 Å². The summed E-state index contributed by atoms with van der Waals surface area (Å²) in [5.41, 5.74) is 3.60.